The first-order chi connectivity index (χ1) is 7.70. The topological polar surface area (TPSA) is 98.2 Å². The fraction of sp³-hybridized carbons (Fsp3) is 0.375. The van der Waals surface area contributed by atoms with Crippen LogP contribution in [0.2, 0.25) is 0 Å². The van der Waals surface area contributed by atoms with Gasteiger partial charge < -0.3 is 10.8 Å². The van der Waals surface area contributed by atoms with Gasteiger partial charge in [0, 0.05) is 6.07 Å². The van der Waals surface area contributed by atoms with Crippen LogP contribution in [-0.2, 0) is 6.54 Å². The Hall–Kier alpha value is -2.06. The van der Waals surface area contributed by atoms with Gasteiger partial charge in [0.05, 0.1) is 13.0 Å². The van der Waals surface area contributed by atoms with Gasteiger partial charge >= 0.3 is 12.1 Å². The number of hydrogen-bond donors (Lipinski definition) is 2. The Morgan fingerprint density at radius 3 is 2.47 bits per heavy atom. The monoisotopic (exact) mass is 251 g/mol. The van der Waals surface area contributed by atoms with Gasteiger partial charge in [-0.2, -0.15) is 18.3 Å². The van der Waals surface area contributed by atoms with E-state index in [9.17, 15) is 22.8 Å². The van der Waals surface area contributed by atoms with Crippen LogP contribution in [-0.4, -0.2) is 32.9 Å². The molecule has 0 aliphatic carbocycles. The highest BCUT2D eigenvalue weighted by molar-refractivity contribution is 5.94. The first-order valence-electron chi connectivity index (χ1n) is 4.38. The molecule has 1 amide bonds. The van der Waals surface area contributed by atoms with Gasteiger partial charge in [-0.1, -0.05) is 0 Å². The lowest BCUT2D eigenvalue weighted by molar-refractivity contribution is -0.137. The summed E-state index contributed by atoms with van der Waals surface area (Å²) in [5.74, 6) is -2.48. The molecule has 1 aromatic rings. The van der Waals surface area contributed by atoms with E-state index in [4.69, 9.17) is 10.8 Å². The number of primary amides is 1. The van der Waals surface area contributed by atoms with Crippen LogP contribution in [0.4, 0.5) is 13.2 Å². The molecular weight excluding hydrogens is 243 g/mol. The number of aryl methyl sites for hydroxylation is 1. The molecule has 17 heavy (non-hydrogen) atoms. The Morgan fingerprint density at radius 1 is 1.47 bits per heavy atom. The van der Waals surface area contributed by atoms with E-state index in [1.165, 1.54) is 0 Å². The molecule has 0 bridgehead atoms. The van der Waals surface area contributed by atoms with E-state index in [2.05, 4.69) is 5.10 Å². The highest BCUT2D eigenvalue weighted by atomic mass is 19.4. The number of hydrogen-bond acceptors (Lipinski definition) is 3. The van der Waals surface area contributed by atoms with Gasteiger partial charge in [-0.25, -0.2) is 4.79 Å². The lowest BCUT2D eigenvalue weighted by Crippen LogP contribution is -2.20. The number of nitrogens with zero attached hydrogens (tertiary/aromatic N) is 2. The molecular formula is C8H8F3N3O3. The van der Waals surface area contributed by atoms with E-state index in [1.807, 2.05) is 0 Å². The highest BCUT2D eigenvalue weighted by Gasteiger charge is 2.28. The lowest BCUT2D eigenvalue weighted by atomic mass is 10.3. The van der Waals surface area contributed by atoms with Crippen molar-refractivity contribution in [1.29, 1.82) is 0 Å². The largest absolute Gasteiger partial charge is 0.476 e. The lowest BCUT2D eigenvalue weighted by Gasteiger charge is -2.07. The minimum Gasteiger partial charge on any atom is -0.476 e. The molecule has 6 nitrogen and oxygen atoms in total. The minimum atomic E-state index is -4.43. The number of carboxylic acid groups (broad SMARTS) is 1. The van der Waals surface area contributed by atoms with Crippen LogP contribution in [0.15, 0.2) is 6.07 Å². The first-order valence-corrected chi connectivity index (χ1v) is 4.38. The van der Waals surface area contributed by atoms with Gasteiger partial charge in [0.1, 0.15) is 5.69 Å². The third-order valence-corrected chi connectivity index (χ3v) is 1.86. The van der Waals surface area contributed by atoms with Crippen molar-refractivity contribution in [3.8, 4) is 0 Å². The number of carbonyl (C=O) groups excluding carboxylic acids is 1. The standard InChI is InChI=1S/C8H8F3N3O3/c9-8(10,11)1-2-14-5(6(12)15)3-4(13-14)7(16)17/h3H,1-2H2,(H2,12,15)(H,16,17). The summed E-state index contributed by atoms with van der Waals surface area (Å²) < 4.78 is 36.5. The molecule has 1 rings (SSSR count). The normalized spacial score (nSPS) is 11.5. The zero-order chi connectivity index (χ0) is 13.2. The van der Waals surface area contributed by atoms with E-state index in [0.717, 1.165) is 6.07 Å². The minimum absolute atomic E-state index is 0.369. The number of halogens is 3. The summed E-state index contributed by atoms with van der Waals surface area (Å²) in [6, 6.07) is 0.834. The third-order valence-electron chi connectivity index (χ3n) is 1.86. The van der Waals surface area contributed by atoms with E-state index in [0.29, 0.717) is 4.68 Å². The van der Waals surface area contributed by atoms with Gasteiger partial charge in [-0.15, -0.1) is 0 Å². The first kappa shape index (κ1) is 13.0. The SMILES string of the molecule is NC(=O)c1cc(C(=O)O)nn1CCC(F)(F)F. The van der Waals surface area contributed by atoms with Crippen LogP contribution in [0.25, 0.3) is 0 Å². The number of amides is 1. The van der Waals surface area contributed by atoms with E-state index < -0.39 is 36.7 Å². The summed E-state index contributed by atoms with van der Waals surface area (Å²) in [6.07, 6.45) is -5.65. The van der Waals surface area contributed by atoms with Gasteiger partial charge in [0.2, 0.25) is 0 Å². The molecule has 1 aromatic heterocycles. The highest BCUT2D eigenvalue weighted by Crippen LogP contribution is 2.20. The van der Waals surface area contributed by atoms with Gasteiger partial charge in [-0.3, -0.25) is 9.48 Å². The maximum absolute atomic E-state index is 12.0. The summed E-state index contributed by atoms with van der Waals surface area (Å²) >= 11 is 0. The zero-order valence-corrected chi connectivity index (χ0v) is 8.36. The summed E-state index contributed by atoms with van der Waals surface area (Å²) in [6.45, 7) is -0.658. The maximum Gasteiger partial charge on any atom is 0.390 e. The van der Waals surface area contributed by atoms with Crippen LogP contribution >= 0.6 is 0 Å². The van der Waals surface area contributed by atoms with Crippen LogP contribution in [0.5, 0.6) is 0 Å². The average molecular weight is 251 g/mol. The molecule has 3 N–H and O–H groups in total. The van der Waals surface area contributed by atoms with E-state index in [-0.39, 0.29) is 5.69 Å². The summed E-state index contributed by atoms with van der Waals surface area (Å²) in [5.41, 5.74) is 4.00. The molecule has 0 aliphatic heterocycles. The van der Waals surface area contributed by atoms with Crippen molar-refractivity contribution >= 4 is 11.9 Å². The zero-order valence-electron chi connectivity index (χ0n) is 8.36. The molecule has 0 spiro atoms. The number of alkyl halides is 3. The molecule has 0 saturated heterocycles. The van der Waals surface area contributed by atoms with Crippen molar-refractivity contribution in [2.24, 2.45) is 5.73 Å². The van der Waals surface area contributed by atoms with Crippen molar-refractivity contribution < 1.29 is 27.9 Å². The Bertz CT molecular complexity index is 453. The number of rotatable bonds is 4. The fourth-order valence-electron chi connectivity index (χ4n) is 1.12. The molecule has 0 unspecified atom stereocenters. The fourth-order valence-corrected chi connectivity index (χ4v) is 1.12. The Kier molecular flexibility index (Phi) is 3.39. The van der Waals surface area contributed by atoms with Gasteiger partial charge in [0.25, 0.3) is 5.91 Å². The summed E-state index contributed by atoms with van der Waals surface area (Å²) in [7, 11) is 0. The van der Waals surface area contributed by atoms with Crippen molar-refractivity contribution in [1.82, 2.24) is 9.78 Å². The van der Waals surface area contributed by atoms with E-state index in [1.54, 1.807) is 0 Å². The molecule has 0 atom stereocenters. The van der Waals surface area contributed by atoms with Gasteiger partial charge in [0.15, 0.2) is 5.69 Å². The molecule has 0 saturated carbocycles. The molecule has 0 aromatic carbocycles. The molecule has 1 heterocycles. The second-order valence-electron chi connectivity index (χ2n) is 3.17. The maximum atomic E-state index is 12.0. The van der Waals surface area contributed by atoms with Gasteiger partial charge in [-0.05, 0) is 0 Å². The van der Waals surface area contributed by atoms with Crippen molar-refractivity contribution in [3.05, 3.63) is 17.5 Å². The quantitative estimate of drug-likeness (QED) is 0.819. The van der Waals surface area contributed by atoms with Crippen LogP contribution in [0.1, 0.15) is 27.4 Å². The number of carboxylic acids is 1. The number of aromatic carboxylic acids is 1. The second-order valence-corrected chi connectivity index (χ2v) is 3.17. The number of carbonyl (C=O) groups is 2. The molecule has 0 aliphatic rings. The second kappa shape index (κ2) is 4.44. The van der Waals surface area contributed by atoms with Crippen LogP contribution < -0.4 is 5.73 Å². The molecule has 94 valence electrons. The van der Waals surface area contributed by atoms with Crippen LogP contribution in [0.3, 0.4) is 0 Å². The van der Waals surface area contributed by atoms with Crippen molar-refractivity contribution in [3.63, 3.8) is 0 Å². The smallest absolute Gasteiger partial charge is 0.390 e. The Balaban J connectivity index is 2.97. The predicted molar refractivity (Wildman–Crippen MR) is 48.4 cm³/mol. The summed E-state index contributed by atoms with van der Waals surface area (Å²) in [4.78, 5) is 21.4. The number of nitrogens with two attached hydrogens (primary N) is 1. The average Bonchev–Trinajstić information content (AvgIpc) is 2.57. The molecule has 0 fully saturated rings. The Morgan fingerprint density at radius 2 is 2.06 bits per heavy atom. The van der Waals surface area contributed by atoms with Crippen molar-refractivity contribution in [2.75, 3.05) is 0 Å². The van der Waals surface area contributed by atoms with Crippen molar-refractivity contribution in [2.45, 2.75) is 19.1 Å². The third kappa shape index (κ3) is 3.47. The predicted octanol–water partition coefficient (Wildman–Crippen LogP) is 0.633. The Labute approximate surface area is 92.8 Å². The molecule has 0 radical (unpaired) electrons. The number of aromatic nitrogens is 2. The summed E-state index contributed by atoms with van der Waals surface area (Å²) in [5, 5.41) is 11.9. The van der Waals surface area contributed by atoms with E-state index >= 15 is 0 Å². The van der Waals surface area contributed by atoms with Crippen LogP contribution in [0, 0.1) is 0 Å². The molecule has 9 heteroatoms.